The summed E-state index contributed by atoms with van der Waals surface area (Å²) in [6.45, 7) is 0.0304. The molecule has 0 aliphatic carbocycles. The number of carbonyl (C=O) groups excluding carboxylic acids is 2. The molecular formula is C27H25N3O2. The highest BCUT2D eigenvalue weighted by molar-refractivity contribution is 6.03. The van der Waals surface area contributed by atoms with Crippen LogP contribution in [-0.4, -0.2) is 46.8 Å². The summed E-state index contributed by atoms with van der Waals surface area (Å²) in [5.41, 5.74) is 5.89. The second-order valence-corrected chi connectivity index (χ2v) is 8.42. The van der Waals surface area contributed by atoms with E-state index in [4.69, 9.17) is 0 Å². The monoisotopic (exact) mass is 423 g/mol. The molecule has 1 aromatic heterocycles. The zero-order chi connectivity index (χ0) is 22.4. The molecule has 0 radical (unpaired) electrons. The maximum Gasteiger partial charge on any atom is 0.255 e. The first-order valence-corrected chi connectivity index (χ1v) is 10.7. The third-order valence-corrected chi connectivity index (χ3v) is 6.33. The van der Waals surface area contributed by atoms with Gasteiger partial charge in [-0.2, -0.15) is 0 Å². The van der Waals surface area contributed by atoms with E-state index in [0.29, 0.717) is 5.56 Å². The number of carbonyl (C=O) groups is 2. The van der Waals surface area contributed by atoms with E-state index in [0.717, 1.165) is 33.3 Å². The van der Waals surface area contributed by atoms with E-state index in [1.165, 1.54) is 4.90 Å². The fourth-order valence-electron chi connectivity index (χ4n) is 4.78. The molecule has 5 rings (SSSR count). The highest BCUT2D eigenvalue weighted by Gasteiger charge is 2.41. The fourth-order valence-corrected chi connectivity index (χ4v) is 4.78. The highest BCUT2D eigenvalue weighted by atomic mass is 16.2. The number of hydrogen-bond acceptors (Lipinski definition) is 2. The first-order chi connectivity index (χ1) is 15.5. The number of hydrogen-bond donors (Lipinski definition) is 0. The summed E-state index contributed by atoms with van der Waals surface area (Å²) in [7, 11) is 5.50. The van der Waals surface area contributed by atoms with Crippen molar-refractivity contribution in [2.75, 3.05) is 20.6 Å². The Morgan fingerprint density at radius 2 is 1.56 bits per heavy atom. The van der Waals surface area contributed by atoms with E-state index in [9.17, 15) is 9.59 Å². The molecule has 0 saturated heterocycles. The first-order valence-electron chi connectivity index (χ1n) is 10.7. The van der Waals surface area contributed by atoms with Crippen molar-refractivity contribution >= 4 is 22.7 Å². The zero-order valence-corrected chi connectivity index (χ0v) is 18.4. The molecule has 2 amide bonds. The van der Waals surface area contributed by atoms with Gasteiger partial charge in [0.2, 0.25) is 5.91 Å². The van der Waals surface area contributed by atoms with Crippen molar-refractivity contribution in [2.24, 2.45) is 7.05 Å². The number of nitrogens with zero attached hydrogens (tertiary/aromatic N) is 3. The molecule has 2 heterocycles. The van der Waals surface area contributed by atoms with Crippen molar-refractivity contribution in [1.29, 1.82) is 0 Å². The van der Waals surface area contributed by atoms with Crippen LogP contribution in [0, 0.1) is 0 Å². The van der Waals surface area contributed by atoms with Gasteiger partial charge in [0, 0.05) is 43.2 Å². The average Bonchev–Trinajstić information content (AvgIpc) is 3.25. The largest absolute Gasteiger partial charge is 0.347 e. The van der Waals surface area contributed by atoms with Gasteiger partial charge < -0.3 is 14.4 Å². The Morgan fingerprint density at radius 3 is 2.31 bits per heavy atom. The maximum absolute atomic E-state index is 13.5. The second kappa shape index (κ2) is 7.68. The van der Waals surface area contributed by atoms with Crippen LogP contribution in [0.25, 0.3) is 22.2 Å². The van der Waals surface area contributed by atoms with Crippen LogP contribution in [0.3, 0.4) is 0 Å². The van der Waals surface area contributed by atoms with E-state index >= 15 is 0 Å². The van der Waals surface area contributed by atoms with E-state index in [1.54, 1.807) is 19.0 Å². The smallest absolute Gasteiger partial charge is 0.255 e. The Labute approximate surface area is 187 Å². The molecular weight excluding hydrogens is 398 g/mol. The number of rotatable bonds is 4. The molecule has 1 atom stereocenters. The quantitative estimate of drug-likeness (QED) is 0.486. The molecule has 0 unspecified atom stereocenters. The topological polar surface area (TPSA) is 45.6 Å². The minimum Gasteiger partial charge on any atom is -0.347 e. The third kappa shape index (κ3) is 3.01. The van der Waals surface area contributed by atoms with Crippen LogP contribution in [0.2, 0.25) is 0 Å². The second-order valence-electron chi connectivity index (χ2n) is 8.42. The van der Waals surface area contributed by atoms with Crippen LogP contribution >= 0.6 is 0 Å². The van der Waals surface area contributed by atoms with Gasteiger partial charge >= 0.3 is 0 Å². The summed E-state index contributed by atoms with van der Waals surface area (Å²) in [5, 5.41) is 1.09. The van der Waals surface area contributed by atoms with Crippen LogP contribution in [0.15, 0.2) is 78.9 Å². The highest BCUT2D eigenvalue weighted by Crippen LogP contribution is 2.46. The third-order valence-electron chi connectivity index (χ3n) is 6.33. The first kappa shape index (κ1) is 20.1. The lowest BCUT2D eigenvalue weighted by Gasteiger charge is -2.27. The molecule has 0 saturated carbocycles. The number of amides is 2. The lowest BCUT2D eigenvalue weighted by molar-refractivity contribution is -0.129. The van der Waals surface area contributed by atoms with Crippen molar-refractivity contribution in [3.8, 4) is 11.3 Å². The Balaban J connectivity index is 1.81. The number of para-hydroxylation sites is 1. The summed E-state index contributed by atoms with van der Waals surface area (Å²) in [4.78, 5) is 29.5. The molecule has 160 valence electrons. The van der Waals surface area contributed by atoms with Crippen molar-refractivity contribution in [2.45, 2.75) is 6.04 Å². The van der Waals surface area contributed by atoms with Crippen molar-refractivity contribution in [3.05, 3.63) is 95.6 Å². The number of benzene rings is 3. The van der Waals surface area contributed by atoms with E-state index in [-0.39, 0.29) is 24.4 Å². The molecule has 1 aliphatic heterocycles. The van der Waals surface area contributed by atoms with Crippen LogP contribution in [0.4, 0.5) is 0 Å². The molecule has 0 fully saturated rings. The van der Waals surface area contributed by atoms with Crippen LogP contribution in [0.1, 0.15) is 27.5 Å². The summed E-state index contributed by atoms with van der Waals surface area (Å²) < 4.78 is 2.19. The molecule has 0 bridgehead atoms. The van der Waals surface area contributed by atoms with Gasteiger partial charge in [0.05, 0.1) is 11.7 Å². The van der Waals surface area contributed by atoms with Gasteiger partial charge in [-0.05, 0) is 23.3 Å². The minimum atomic E-state index is -0.344. The Morgan fingerprint density at radius 1 is 0.906 bits per heavy atom. The molecule has 3 aromatic carbocycles. The van der Waals surface area contributed by atoms with Gasteiger partial charge in [-0.25, -0.2) is 0 Å². The summed E-state index contributed by atoms with van der Waals surface area (Å²) in [6.07, 6.45) is 0. The zero-order valence-electron chi connectivity index (χ0n) is 18.4. The van der Waals surface area contributed by atoms with E-state index in [2.05, 4.69) is 35.9 Å². The Bertz CT molecular complexity index is 1340. The van der Waals surface area contributed by atoms with Gasteiger partial charge in [0.15, 0.2) is 0 Å². The van der Waals surface area contributed by atoms with Crippen LogP contribution in [-0.2, 0) is 11.8 Å². The summed E-state index contributed by atoms with van der Waals surface area (Å²) in [5.74, 6) is -0.203. The molecule has 5 heteroatoms. The minimum absolute atomic E-state index is 0.0304. The SMILES string of the molecule is CN(C)C(=O)CN1C(=O)c2ccccc2[C@@H]1c1c(-c2ccccc2)n(C)c2ccccc12. The number of fused-ring (bicyclic) bond motifs is 2. The Hall–Kier alpha value is -3.86. The molecule has 0 spiro atoms. The van der Waals surface area contributed by atoms with Crippen LogP contribution < -0.4 is 0 Å². The number of aromatic nitrogens is 1. The van der Waals surface area contributed by atoms with E-state index < -0.39 is 0 Å². The molecule has 4 aromatic rings. The van der Waals surface area contributed by atoms with Crippen molar-refractivity contribution in [1.82, 2.24) is 14.4 Å². The maximum atomic E-state index is 13.5. The Kier molecular flexibility index (Phi) is 4.82. The summed E-state index contributed by atoms with van der Waals surface area (Å²) in [6, 6.07) is 25.9. The lowest BCUT2D eigenvalue weighted by atomic mass is 9.93. The van der Waals surface area contributed by atoms with Gasteiger partial charge in [-0.15, -0.1) is 0 Å². The van der Waals surface area contributed by atoms with Gasteiger partial charge in [-0.1, -0.05) is 66.7 Å². The standard InChI is InChI=1S/C27H25N3O2/c1-28(2)23(31)17-30-26(19-13-7-8-14-20(19)27(30)32)24-21-15-9-10-16-22(21)29(3)25(24)18-11-5-4-6-12-18/h4-16,26H,17H2,1-3H3/t26-/m1/s1. The van der Waals surface area contributed by atoms with E-state index in [1.807, 2.05) is 54.6 Å². The normalized spacial score (nSPS) is 15.3. The van der Waals surface area contributed by atoms with Crippen molar-refractivity contribution in [3.63, 3.8) is 0 Å². The predicted molar refractivity (Wildman–Crippen MR) is 126 cm³/mol. The lowest BCUT2D eigenvalue weighted by Crippen LogP contribution is -2.39. The number of likely N-dealkylation sites (N-methyl/N-ethyl adjacent to an activating group) is 1. The average molecular weight is 424 g/mol. The predicted octanol–water partition coefficient (Wildman–Crippen LogP) is 4.48. The van der Waals surface area contributed by atoms with Crippen LogP contribution in [0.5, 0.6) is 0 Å². The molecule has 5 nitrogen and oxygen atoms in total. The fraction of sp³-hybridized carbons (Fsp3) is 0.185. The molecule has 0 N–H and O–H groups in total. The van der Waals surface area contributed by atoms with Crippen molar-refractivity contribution < 1.29 is 9.59 Å². The van der Waals surface area contributed by atoms with Gasteiger partial charge in [0.1, 0.15) is 6.54 Å². The van der Waals surface area contributed by atoms with Gasteiger partial charge in [0.25, 0.3) is 5.91 Å². The molecule has 1 aliphatic rings. The number of aryl methyl sites for hydroxylation is 1. The molecule has 32 heavy (non-hydrogen) atoms. The van der Waals surface area contributed by atoms with Gasteiger partial charge in [-0.3, -0.25) is 9.59 Å². The summed E-state index contributed by atoms with van der Waals surface area (Å²) >= 11 is 0.